The van der Waals surface area contributed by atoms with Gasteiger partial charge in [-0.05, 0) is 53.4 Å². The number of amides is 1. The number of ether oxygens (including phenoxy) is 2. The topological polar surface area (TPSA) is 89.5 Å². The molecule has 32 heavy (non-hydrogen) atoms. The van der Waals surface area contributed by atoms with Crippen molar-refractivity contribution >= 4 is 23.2 Å². The van der Waals surface area contributed by atoms with Crippen LogP contribution in [0, 0.1) is 6.92 Å². The number of rotatable bonds is 5. The third-order valence-electron chi connectivity index (χ3n) is 5.31. The summed E-state index contributed by atoms with van der Waals surface area (Å²) in [6.07, 6.45) is 1.43. The zero-order valence-electron chi connectivity index (χ0n) is 18.9. The van der Waals surface area contributed by atoms with E-state index < -0.39 is 11.8 Å². The molecule has 1 saturated carbocycles. The summed E-state index contributed by atoms with van der Waals surface area (Å²) < 4.78 is 24.9. The summed E-state index contributed by atoms with van der Waals surface area (Å²) in [6, 6.07) is 1.93. The van der Waals surface area contributed by atoms with E-state index in [0.717, 1.165) is 18.5 Å². The van der Waals surface area contributed by atoms with Crippen molar-refractivity contribution in [3.8, 4) is 16.7 Å². The molecule has 4 rings (SSSR count). The molecule has 1 N–H and O–H groups in total. The average Bonchev–Trinajstić information content (AvgIpc) is 3.11. The standard InChI is InChI=1S/C22H30FN5O3S/c1-13-12-32-20(24-13)19-26-17(25-15-7-5-14(23)6-8-15)9-18(27-19)30-16-10-28(11-16)21(29)31-22(2,3)4/h9,12,14-16H,5-8,10-11H2,1-4H3,(H,25,26,27). The van der Waals surface area contributed by atoms with Crippen LogP contribution in [0.15, 0.2) is 11.4 Å². The van der Waals surface area contributed by atoms with Crippen LogP contribution in [0.3, 0.4) is 0 Å². The zero-order chi connectivity index (χ0) is 22.9. The molecule has 0 aromatic carbocycles. The quantitative estimate of drug-likeness (QED) is 0.693. The first-order valence-corrected chi connectivity index (χ1v) is 11.9. The van der Waals surface area contributed by atoms with Crippen molar-refractivity contribution in [3.05, 3.63) is 17.1 Å². The van der Waals surface area contributed by atoms with Crippen molar-refractivity contribution in [3.63, 3.8) is 0 Å². The summed E-state index contributed by atoms with van der Waals surface area (Å²) in [5.74, 6) is 1.56. The summed E-state index contributed by atoms with van der Waals surface area (Å²) in [6.45, 7) is 8.33. The van der Waals surface area contributed by atoms with Gasteiger partial charge in [-0.15, -0.1) is 11.3 Å². The second-order valence-corrected chi connectivity index (χ2v) is 10.3. The van der Waals surface area contributed by atoms with E-state index in [1.165, 1.54) is 11.3 Å². The maximum absolute atomic E-state index is 13.5. The Morgan fingerprint density at radius 1 is 1.19 bits per heavy atom. The molecule has 0 bridgehead atoms. The number of hydrogen-bond donors (Lipinski definition) is 1. The van der Waals surface area contributed by atoms with Crippen LogP contribution in [-0.4, -0.2) is 63.0 Å². The van der Waals surface area contributed by atoms with E-state index in [-0.39, 0.29) is 18.2 Å². The Morgan fingerprint density at radius 2 is 1.91 bits per heavy atom. The number of anilines is 1. The summed E-state index contributed by atoms with van der Waals surface area (Å²) in [5.41, 5.74) is 0.376. The molecule has 1 aliphatic heterocycles. The maximum Gasteiger partial charge on any atom is 0.410 e. The predicted octanol–water partition coefficient (Wildman–Crippen LogP) is 4.60. The lowest BCUT2D eigenvalue weighted by Gasteiger charge is -2.39. The van der Waals surface area contributed by atoms with E-state index in [9.17, 15) is 9.18 Å². The highest BCUT2D eigenvalue weighted by Crippen LogP contribution is 2.29. The third-order valence-corrected chi connectivity index (χ3v) is 6.26. The fraction of sp³-hybridized carbons (Fsp3) is 0.636. The van der Waals surface area contributed by atoms with Gasteiger partial charge < -0.3 is 19.7 Å². The van der Waals surface area contributed by atoms with Crippen LogP contribution in [0.2, 0.25) is 0 Å². The predicted molar refractivity (Wildman–Crippen MR) is 121 cm³/mol. The van der Waals surface area contributed by atoms with Gasteiger partial charge >= 0.3 is 6.09 Å². The van der Waals surface area contributed by atoms with Crippen molar-refractivity contribution in [1.82, 2.24) is 19.9 Å². The van der Waals surface area contributed by atoms with Crippen LogP contribution in [-0.2, 0) is 4.74 Å². The van der Waals surface area contributed by atoms with Gasteiger partial charge in [0, 0.05) is 23.2 Å². The molecule has 1 saturated heterocycles. The summed E-state index contributed by atoms with van der Waals surface area (Å²) in [7, 11) is 0. The van der Waals surface area contributed by atoms with E-state index in [1.54, 1.807) is 11.0 Å². The lowest BCUT2D eigenvalue weighted by atomic mass is 9.94. The fourth-order valence-electron chi connectivity index (χ4n) is 3.68. The average molecular weight is 464 g/mol. The van der Waals surface area contributed by atoms with Crippen LogP contribution in [0.1, 0.15) is 52.1 Å². The lowest BCUT2D eigenvalue weighted by Crippen LogP contribution is -2.57. The van der Waals surface area contributed by atoms with E-state index in [0.29, 0.717) is 48.5 Å². The summed E-state index contributed by atoms with van der Waals surface area (Å²) in [4.78, 5) is 27.4. The van der Waals surface area contributed by atoms with Crippen molar-refractivity contribution in [2.24, 2.45) is 0 Å². The number of aryl methyl sites for hydroxylation is 1. The molecule has 10 heteroatoms. The molecule has 3 heterocycles. The van der Waals surface area contributed by atoms with Crippen LogP contribution in [0.4, 0.5) is 15.0 Å². The van der Waals surface area contributed by atoms with E-state index in [2.05, 4.69) is 20.3 Å². The fourth-order valence-corrected chi connectivity index (χ4v) is 4.41. The molecule has 2 fully saturated rings. The van der Waals surface area contributed by atoms with Crippen molar-refractivity contribution in [2.75, 3.05) is 18.4 Å². The molecule has 8 nitrogen and oxygen atoms in total. The van der Waals surface area contributed by atoms with Crippen LogP contribution in [0.25, 0.3) is 10.8 Å². The summed E-state index contributed by atoms with van der Waals surface area (Å²) in [5, 5.41) is 6.08. The lowest BCUT2D eigenvalue weighted by molar-refractivity contribution is -0.0232. The number of nitrogens with one attached hydrogen (secondary N) is 1. The number of carbonyl (C=O) groups is 1. The minimum atomic E-state index is -0.710. The van der Waals surface area contributed by atoms with Gasteiger partial charge in [0.15, 0.2) is 10.8 Å². The van der Waals surface area contributed by atoms with Crippen molar-refractivity contribution < 1.29 is 18.7 Å². The number of aromatic nitrogens is 3. The molecular formula is C22H30FN5O3S. The molecule has 0 radical (unpaired) electrons. The minimum Gasteiger partial charge on any atom is -0.470 e. The Bertz CT molecular complexity index is 949. The van der Waals surface area contributed by atoms with Gasteiger partial charge in [0.1, 0.15) is 23.7 Å². The van der Waals surface area contributed by atoms with Gasteiger partial charge in [0.2, 0.25) is 5.88 Å². The largest absolute Gasteiger partial charge is 0.470 e. The number of nitrogens with zero attached hydrogens (tertiary/aromatic N) is 4. The first-order chi connectivity index (χ1) is 15.1. The molecule has 0 atom stereocenters. The molecule has 2 aromatic heterocycles. The molecule has 174 valence electrons. The number of likely N-dealkylation sites (tertiary alicyclic amines) is 1. The van der Waals surface area contributed by atoms with Crippen molar-refractivity contribution in [2.45, 2.75) is 77.3 Å². The highest BCUT2D eigenvalue weighted by Gasteiger charge is 2.35. The smallest absolute Gasteiger partial charge is 0.410 e. The Hall–Kier alpha value is -2.49. The third kappa shape index (κ3) is 5.85. The van der Waals surface area contributed by atoms with Gasteiger partial charge in [-0.3, -0.25) is 0 Å². The van der Waals surface area contributed by atoms with Gasteiger partial charge in [0.05, 0.1) is 13.1 Å². The Labute approximate surface area is 191 Å². The normalized spacial score (nSPS) is 21.7. The second kappa shape index (κ2) is 9.17. The van der Waals surface area contributed by atoms with E-state index in [4.69, 9.17) is 9.47 Å². The summed E-state index contributed by atoms with van der Waals surface area (Å²) >= 11 is 1.48. The minimum absolute atomic E-state index is 0.168. The van der Waals surface area contributed by atoms with Gasteiger partial charge in [0.25, 0.3) is 0 Å². The number of thiazole rings is 1. The van der Waals surface area contributed by atoms with Crippen molar-refractivity contribution in [1.29, 1.82) is 0 Å². The molecule has 2 aromatic rings. The van der Waals surface area contributed by atoms with Gasteiger partial charge in [-0.1, -0.05) is 0 Å². The van der Waals surface area contributed by atoms with Gasteiger partial charge in [-0.2, -0.15) is 4.98 Å². The Morgan fingerprint density at radius 3 is 2.53 bits per heavy atom. The molecule has 1 aliphatic carbocycles. The first kappa shape index (κ1) is 22.7. The molecular weight excluding hydrogens is 433 g/mol. The van der Waals surface area contributed by atoms with Gasteiger partial charge in [-0.25, -0.2) is 19.2 Å². The first-order valence-electron chi connectivity index (χ1n) is 11.0. The number of hydrogen-bond acceptors (Lipinski definition) is 8. The number of alkyl halides is 1. The highest BCUT2D eigenvalue weighted by atomic mass is 32.1. The van der Waals surface area contributed by atoms with Crippen LogP contribution >= 0.6 is 11.3 Å². The Balaban J connectivity index is 1.44. The van der Waals surface area contributed by atoms with E-state index >= 15 is 0 Å². The Kier molecular flexibility index (Phi) is 6.50. The molecule has 1 amide bonds. The molecule has 0 spiro atoms. The highest BCUT2D eigenvalue weighted by molar-refractivity contribution is 7.13. The number of halogens is 1. The number of carbonyl (C=O) groups excluding carboxylic acids is 1. The maximum atomic E-state index is 13.5. The molecule has 0 unspecified atom stereocenters. The SMILES string of the molecule is Cc1csc(-c2nc(NC3CCC(F)CC3)cc(OC3CN(C(=O)OC(C)(C)C)C3)n2)n1. The van der Waals surface area contributed by atoms with Crippen LogP contribution in [0.5, 0.6) is 5.88 Å². The zero-order valence-corrected chi connectivity index (χ0v) is 19.7. The van der Waals surface area contributed by atoms with E-state index in [1.807, 2.05) is 33.1 Å². The second-order valence-electron chi connectivity index (χ2n) is 9.43. The van der Waals surface area contributed by atoms with Crippen LogP contribution < -0.4 is 10.1 Å². The monoisotopic (exact) mass is 463 g/mol. The molecule has 2 aliphatic rings.